The van der Waals surface area contributed by atoms with Gasteiger partial charge in [0, 0.05) is 17.1 Å². The summed E-state index contributed by atoms with van der Waals surface area (Å²) in [5.41, 5.74) is 0.932. The van der Waals surface area contributed by atoms with Crippen LogP contribution in [0.3, 0.4) is 0 Å². The van der Waals surface area contributed by atoms with Gasteiger partial charge in [0.2, 0.25) is 11.7 Å². The lowest BCUT2D eigenvalue weighted by molar-refractivity contribution is 0.103. The highest BCUT2D eigenvalue weighted by molar-refractivity contribution is 6.37. The minimum Gasteiger partial charge on any atom is -0.493 e. The predicted molar refractivity (Wildman–Crippen MR) is 74.2 cm³/mol. The van der Waals surface area contributed by atoms with Crippen molar-refractivity contribution in [3.05, 3.63) is 45.1 Å². The van der Waals surface area contributed by atoms with Crippen LogP contribution < -0.4 is 0 Å². The van der Waals surface area contributed by atoms with Gasteiger partial charge < -0.3 is 5.11 Å². The molecule has 1 N–H and O–H groups in total. The number of carbonyl (C=O) groups excluding carboxylic acids is 1. The van der Waals surface area contributed by atoms with Gasteiger partial charge in [-0.2, -0.15) is 5.10 Å². The molecule has 0 unspecified atom stereocenters. The highest BCUT2D eigenvalue weighted by Gasteiger charge is 2.23. The van der Waals surface area contributed by atoms with E-state index in [2.05, 4.69) is 5.10 Å². The molecule has 0 saturated carbocycles. The average Bonchev–Trinajstić information content (AvgIpc) is 2.63. The van der Waals surface area contributed by atoms with Crippen molar-refractivity contribution in [3.63, 3.8) is 0 Å². The quantitative estimate of drug-likeness (QED) is 0.883. The Kier molecular flexibility index (Phi) is 3.83. The zero-order valence-electron chi connectivity index (χ0n) is 10.4. The molecule has 19 heavy (non-hydrogen) atoms. The van der Waals surface area contributed by atoms with Gasteiger partial charge in [0.05, 0.1) is 10.7 Å². The van der Waals surface area contributed by atoms with Crippen LogP contribution in [0.15, 0.2) is 18.2 Å². The number of nitrogens with zero attached hydrogens (tertiary/aromatic N) is 2. The van der Waals surface area contributed by atoms with Gasteiger partial charge in [-0.05, 0) is 32.0 Å². The van der Waals surface area contributed by atoms with Crippen molar-refractivity contribution >= 4 is 29.0 Å². The minimum atomic E-state index is -0.364. The maximum Gasteiger partial charge on any atom is 0.221 e. The summed E-state index contributed by atoms with van der Waals surface area (Å²) in [4.78, 5) is 12.4. The van der Waals surface area contributed by atoms with Crippen molar-refractivity contribution in [1.82, 2.24) is 9.78 Å². The number of hydrogen-bond donors (Lipinski definition) is 1. The molecule has 0 bridgehead atoms. The van der Waals surface area contributed by atoms with Crippen LogP contribution in [-0.2, 0) is 6.54 Å². The molecule has 4 nitrogen and oxygen atoms in total. The molecule has 0 amide bonds. The smallest absolute Gasteiger partial charge is 0.221 e. The summed E-state index contributed by atoms with van der Waals surface area (Å²) in [7, 11) is 0. The summed E-state index contributed by atoms with van der Waals surface area (Å²) in [5.74, 6) is -0.507. The van der Waals surface area contributed by atoms with E-state index >= 15 is 0 Å². The third-order valence-electron chi connectivity index (χ3n) is 2.80. The fourth-order valence-corrected chi connectivity index (χ4v) is 2.36. The molecule has 2 aromatic rings. The Morgan fingerprint density at radius 2 is 2.11 bits per heavy atom. The Hall–Kier alpha value is -1.52. The second-order valence-corrected chi connectivity index (χ2v) is 4.90. The molecule has 0 aliphatic carbocycles. The molecule has 0 saturated heterocycles. The van der Waals surface area contributed by atoms with Crippen molar-refractivity contribution in [1.29, 1.82) is 0 Å². The van der Waals surface area contributed by atoms with Crippen LogP contribution in [0.2, 0.25) is 10.0 Å². The van der Waals surface area contributed by atoms with Crippen LogP contribution >= 0.6 is 23.2 Å². The Bertz CT molecular complexity index is 650. The van der Waals surface area contributed by atoms with E-state index in [-0.39, 0.29) is 22.2 Å². The first-order valence-corrected chi connectivity index (χ1v) is 6.47. The molecule has 0 fully saturated rings. The van der Waals surface area contributed by atoms with Gasteiger partial charge in [-0.1, -0.05) is 23.2 Å². The summed E-state index contributed by atoms with van der Waals surface area (Å²) in [5, 5.41) is 14.8. The molecular formula is C13H12Cl2N2O2. The number of halogens is 2. The number of rotatable bonds is 3. The fourth-order valence-electron chi connectivity index (χ4n) is 1.86. The van der Waals surface area contributed by atoms with E-state index in [1.165, 1.54) is 16.8 Å². The molecule has 0 aliphatic rings. The molecule has 1 aromatic carbocycles. The van der Waals surface area contributed by atoms with Gasteiger partial charge in [-0.3, -0.25) is 4.79 Å². The topological polar surface area (TPSA) is 55.1 Å². The number of aromatic nitrogens is 2. The summed E-state index contributed by atoms with van der Waals surface area (Å²) in [6.07, 6.45) is 0. The van der Waals surface area contributed by atoms with Crippen LogP contribution in [0.5, 0.6) is 5.88 Å². The van der Waals surface area contributed by atoms with E-state index in [9.17, 15) is 9.90 Å². The van der Waals surface area contributed by atoms with Crippen molar-refractivity contribution in [2.45, 2.75) is 20.4 Å². The Morgan fingerprint density at radius 1 is 1.42 bits per heavy atom. The molecular weight excluding hydrogens is 287 g/mol. The van der Waals surface area contributed by atoms with Crippen LogP contribution in [0.25, 0.3) is 0 Å². The standard InChI is InChI=1S/C13H12Cl2N2O2/c1-3-17-13(19)11(7(2)16-17)12(18)9-5-4-8(14)6-10(9)15/h4-6,19H,3H2,1-2H3. The number of aromatic hydroxyl groups is 1. The first-order valence-electron chi connectivity index (χ1n) is 5.71. The Morgan fingerprint density at radius 3 is 2.63 bits per heavy atom. The molecule has 1 heterocycles. The summed E-state index contributed by atoms with van der Waals surface area (Å²) >= 11 is 11.8. The highest BCUT2D eigenvalue weighted by Crippen LogP contribution is 2.28. The maximum atomic E-state index is 12.4. The average molecular weight is 299 g/mol. The van der Waals surface area contributed by atoms with E-state index in [4.69, 9.17) is 23.2 Å². The van der Waals surface area contributed by atoms with Gasteiger partial charge in [0.15, 0.2) is 0 Å². The van der Waals surface area contributed by atoms with Gasteiger partial charge in [-0.25, -0.2) is 4.68 Å². The SMILES string of the molecule is CCn1nc(C)c(C(=O)c2ccc(Cl)cc2Cl)c1O. The van der Waals surface area contributed by atoms with Crippen LogP contribution in [0.4, 0.5) is 0 Å². The van der Waals surface area contributed by atoms with Gasteiger partial charge in [0.25, 0.3) is 0 Å². The third-order valence-corrected chi connectivity index (χ3v) is 3.35. The summed E-state index contributed by atoms with van der Waals surface area (Å²) < 4.78 is 1.37. The lowest BCUT2D eigenvalue weighted by Gasteiger charge is -2.04. The van der Waals surface area contributed by atoms with Crippen molar-refractivity contribution in [2.75, 3.05) is 0 Å². The first kappa shape index (κ1) is 13.9. The fraction of sp³-hybridized carbons (Fsp3) is 0.231. The van der Waals surface area contributed by atoms with E-state index in [0.717, 1.165) is 0 Å². The number of hydrogen-bond acceptors (Lipinski definition) is 3. The number of carbonyl (C=O) groups is 1. The molecule has 100 valence electrons. The number of aryl methyl sites for hydroxylation is 2. The molecule has 2 rings (SSSR count). The normalized spacial score (nSPS) is 10.7. The van der Waals surface area contributed by atoms with E-state index in [0.29, 0.717) is 22.8 Å². The highest BCUT2D eigenvalue weighted by atomic mass is 35.5. The molecule has 0 radical (unpaired) electrons. The number of benzene rings is 1. The maximum absolute atomic E-state index is 12.4. The van der Waals surface area contributed by atoms with Crippen LogP contribution in [0.1, 0.15) is 28.5 Å². The second kappa shape index (κ2) is 5.23. The van der Waals surface area contributed by atoms with Crippen LogP contribution in [0, 0.1) is 6.92 Å². The van der Waals surface area contributed by atoms with E-state index in [1.807, 2.05) is 6.92 Å². The van der Waals surface area contributed by atoms with Gasteiger partial charge in [0.1, 0.15) is 5.56 Å². The molecule has 0 spiro atoms. The molecule has 0 atom stereocenters. The Balaban J connectivity index is 2.53. The monoisotopic (exact) mass is 298 g/mol. The van der Waals surface area contributed by atoms with E-state index < -0.39 is 0 Å². The van der Waals surface area contributed by atoms with Crippen molar-refractivity contribution in [3.8, 4) is 5.88 Å². The zero-order chi connectivity index (χ0) is 14.2. The zero-order valence-corrected chi connectivity index (χ0v) is 12.0. The predicted octanol–water partition coefficient (Wildman–Crippen LogP) is 3.45. The molecule has 1 aromatic heterocycles. The minimum absolute atomic E-state index is 0.143. The lowest BCUT2D eigenvalue weighted by Crippen LogP contribution is -2.03. The number of ketones is 1. The summed E-state index contributed by atoms with van der Waals surface area (Å²) in [6, 6.07) is 4.61. The first-order chi connectivity index (χ1) is 8.95. The van der Waals surface area contributed by atoms with Crippen molar-refractivity contribution < 1.29 is 9.90 Å². The Labute approximate surface area is 120 Å². The second-order valence-electron chi connectivity index (χ2n) is 4.05. The summed E-state index contributed by atoms with van der Waals surface area (Å²) in [6.45, 7) is 3.98. The van der Waals surface area contributed by atoms with Gasteiger partial charge in [-0.15, -0.1) is 0 Å². The largest absolute Gasteiger partial charge is 0.493 e. The third kappa shape index (κ3) is 2.46. The lowest BCUT2D eigenvalue weighted by atomic mass is 10.0. The molecule has 0 aliphatic heterocycles. The molecule has 6 heteroatoms. The van der Waals surface area contributed by atoms with Crippen molar-refractivity contribution in [2.24, 2.45) is 0 Å². The van der Waals surface area contributed by atoms with E-state index in [1.54, 1.807) is 13.0 Å². The van der Waals surface area contributed by atoms with Gasteiger partial charge >= 0.3 is 0 Å². The van der Waals surface area contributed by atoms with Crippen LogP contribution in [-0.4, -0.2) is 20.7 Å².